The number of rotatable bonds is 1. The predicted molar refractivity (Wildman–Crippen MR) is 53.8 cm³/mol. The van der Waals surface area contributed by atoms with Crippen LogP contribution < -0.4 is 0 Å². The van der Waals surface area contributed by atoms with Gasteiger partial charge in [0.1, 0.15) is 5.60 Å². The maximum Gasteiger partial charge on any atom is 0.136 e. The van der Waals surface area contributed by atoms with Gasteiger partial charge in [-0.2, -0.15) is 0 Å². The lowest BCUT2D eigenvalue weighted by atomic mass is 9.81. The third-order valence-electron chi connectivity index (χ3n) is 3.54. The molecule has 0 aromatic carbocycles. The van der Waals surface area contributed by atoms with Crippen LogP contribution in [-0.4, -0.2) is 11.1 Å². The van der Waals surface area contributed by atoms with Crippen LogP contribution in [0.1, 0.15) is 31.9 Å². The van der Waals surface area contributed by atoms with Crippen molar-refractivity contribution >= 4 is 0 Å². The molecular weight excluding hydrogens is 174 g/mol. The van der Waals surface area contributed by atoms with Crippen molar-refractivity contribution in [3.63, 3.8) is 0 Å². The van der Waals surface area contributed by atoms with Crippen LogP contribution >= 0.6 is 0 Å². The quantitative estimate of drug-likeness (QED) is 0.634. The Morgan fingerprint density at radius 3 is 3.14 bits per heavy atom. The standard InChI is InChI=1S/C12H15NO/c1-9-5-6-12(11(8-9)14-12)10-4-2-3-7-13-10/h2-4,7,9,11H,5-6,8H2,1H3/t9-,11-,12-/m1/s1. The molecule has 0 radical (unpaired) electrons. The largest absolute Gasteiger partial charge is 0.359 e. The minimum atomic E-state index is 0.00771. The molecule has 0 bridgehead atoms. The highest BCUT2D eigenvalue weighted by Gasteiger charge is 2.60. The fraction of sp³-hybridized carbons (Fsp3) is 0.583. The summed E-state index contributed by atoms with van der Waals surface area (Å²) in [6.45, 7) is 2.31. The number of epoxide rings is 1. The Morgan fingerprint density at radius 1 is 1.50 bits per heavy atom. The molecule has 1 aromatic heterocycles. The highest BCUT2D eigenvalue weighted by molar-refractivity contribution is 5.23. The maximum absolute atomic E-state index is 5.86. The molecule has 1 aromatic rings. The molecule has 1 aliphatic carbocycles. The van der Waals surface area contributed by atoms with Crippen molar-refractivity contribution < 1.29 is 4.74 Å². The van der Waals surface area contributed by atoms with Crippen molar-refractivity contribution in [2.24, 2.45) is 5.92 Å². The first-order chi connectivity index (χ1) is 6.81. The van der Waals surface area contributed by atoms with E-state index >= 15 is 0 Å². The van der Waals surface area contributed by atoms with Gasteiger partial charge in [-0.25, -0.2) is 0 Å². The number of fused-ring (bicyclic) bond motifs is 1. The molecular formula is C12H15NO. The second kappa shape index (κ2) is 2.80. The first-order valence-corrected chi connectivity index (χ1v) is 5.40. The highest BCUT2D eigenvalue weighted by atomic mass is 16.6. The Morgan fingerprint density at radius 2 is 2.43 bits per heavy atom. The third-order valence-corrected chi connectivity index (χ3v) is 3.54. The molecule has 1 aliphatic heterocycles. The van der Waals surface area contributed by atoms with Crippen molar-refractivity contribution in [2.75, 3.05) is 0 Å². The van der Waals surface area contributed by atoms with E-state index < -0.39 is 0 Å². The minimum absolute atomic E-state index is 0.00771. The topological polar surface area (TPSA) is 25.4 Å². The number of pyridine rings is 1. The van der Waals surface area contributed by atoms with Crippen molar-refractivity contribution in [1.29, 1.82) is 0 Å². The Kier molecular flexibility index (Phi) is 1.68. The Hall–Kier alpha value is -0.890. The summed E-state index contributed by atoms with van der Waals surface area (Å²) in [6, 6.07) is 6.10. The average molecular weight is 189 g/mol. The first-order valence-electron chi connectivity index (χ1n) is 5.40. The van der Waals surface area contributed by atoms with Crippen molar-refractivity contribution in [3.8, 4) is 0 Å². The first kappa shape index (κ1) is 8.42. The Bertz CT molecular complexity index is 337. The minimum Gasteiger partial charge on any atom is -0.359 e. The fourth-order valence-electron chi connectivity index (χ4n) is 2.59. The van der Waals surface area contributed by atoms with Crippen LogP contribution in [0, 0.1) is 5.92 Å². The lowest BCUT2D eigenvalue weighted by Crippen LogP contribution is -2.22. The van der Waals surface area contributed by atoms with Crippen LogP contribution in [0.2, 0.25) is 0 Å². The van der Waals surface area contributed by atoms with Gasteiger partial charge in [-0.05, 0) is 37.3 Å². The normalized spacial score (nSPS) is 40.4. The van der Waals surface area contributed by atoms with E-state index in [1.54, 1.807) is 0 Å². The summed E-state index contributed by atoms with van der Waals surface area (Å²) in [7, 11) is 0. The van der Waals surface area contributed by atoms with E-state index in [1.165, 1.54) is 12.8 Å². The molecule has 2 aliphatic rings. The molecule has 2 heteroatoms. The summed E-state index contributed by atoms with van der Waals surface area (Å²) in [4.78, 5) is 4.42. The van der Waals surface area contributed by atoms with E-state index in [9.17, 15) is 0 Å². The molecule has 2 nitrogen and oxygen atoms in total. The van der Waals surface area contributed by atoms with Crippen LogP contribution in [0.3, 0.4) is 0 Å². The summed E-state index contributed by atoms with van der Waals surface area (Å²) < 4.78 is 5.86. The van der Waals surface area contributed by atoms with Gasteiger partial charge in [0.25, 0.3) is 0 Å². The van der Waals surface area contributed by atoms with Gasteiger partial charge in [0.15, 0.2) is 0 Å². The average Bonchev–Trinajstić information content (AvgIpc) is 2.94. The molecule has 14 heavy (non-hydrogen) atoms. The lowest BCUT2D eigenvalue weighted by molar-refractivity contribution is 0.280. The lowest BCUT2D eigenvalue weighted by Gasteiger charge is -2.20. The van der Waals surface area contributed by atoms with Gasteiger partial charge in [0.2, 0.25) is 0 Å². The van der Waals surface area contributed by atoms with Gasteiger partial charge in [0, 0.05) is 6.20 Å². The zero-order valence-corrected chi connectivity index (χ0v) is 8.44. The molecule has 2 fully saturated rings. The molecule has 0 amide bonds. The van der Waals surface area contributed by atoms with E-state index in [1.807, 2.05) is 18.3 Å². The van der Waals surface area contributed by atoms with Crippen LogP contribution in [0.4, 0.5) is 0 Å². The van der Waals surface area contributed by atoms with Gasteiger partial charge in [-0.3, -0.25) is 4.98 Å². The van der Waals surface area contributed by atoms with Crippen LogP contribution in [0.5, 0.6) is 0 Å². The summed E-state index contributed by atoms with van der Waals surface area (Å²) in [6.07, 6.45) is 5.93. The Labute approximate surface area is 84.3 Å². The molecule has 1 saturated carbocycles. The fourth-order valence-corrected chi connectivity index (χ4v) is 2.59. The number of nitrogens with zero attached hydrogens (tertiary/aromatic N) is 1. The second-order valence-corrected chi connectivity index (χ2v) is 4.59. The molecule has 0 N–H and O–H groups in total. The van der Waals surface area contributed by atoms with Crippen molar-refractivity contribution in [2.45, 2.75) is 37.9 Å². The zero-order chi connectivity index (χ0) is 9.60. The van der Waals surface area contributed by atoms with E-state index in [0.29, 0.717) is 6.10 Å². The monoisotopic (exact) mass is 189 g/mol. The number of aromatic nitrogens is 1. The highest BCUT2D eigenvalue weighted by Crippen LogP contribution is 2.55. The summed E-state index contributed by atoms with van der Waals surface area (Å²) in [5, 5.41) is 0. The Balaban J connectivity index is 1.88. The SMILES string of the molecule is C[C@@H]1CC[C@]2(c3ccccn3)O[C@@H]2C1. The molecule has 0 spiro atoms. The summed E-state index contributed by atoms with van der Waals surface area (Å²) in [5.74, 6) is 0.819. The van der Waals surface area contributed by atoms with Gasteiger partial charge >= 0.3 is 0 Å². The van der Waals surface area contributed by atoms with Crippen LogP contribution in [-0.2, 0) is 10.3 Å². The van der Waals surface area contributed by atoms with Gasteiger partial charge < -0.3 is 4.74 Å². The van der Waals surface area contributed by atoms with E-state index in [2.05, 4.69) is 18.0 Å². The van der Waals surface area contributed by atoms with Gasteiger partial charge in [-0.1, -0.05) is 13.0 Å². The molecule has 3 rings (SSSR count). The summed E-state index contributed by atoms with van der Waals surface area (Å²) in [5.41, 5.74) is 1.14. The number of hydrogen-bond acceptors (Lipinski definition) is 2. The second-order valence-electron chi connectivity index (χ2n) is 4.59. The molecule has 2 heterocycles. The molecule has 1 saturated heterocycles. The van der Waals surface area contributed by atoms with E-state index in [4.69, 9.17) is 4.74 Å². The van der Waals surface area contributed by atoms with Crippen molar-refractivity contribution in [3.05, 3.63) is 30.1 Å². The molecule has 74 valence electrons. The number of ether oxygens (including phenoxy) is 1. The molecule has 0 unspecified atom stereocenters. The smallest absolute Gasteiger partial charge is 0.136 e. The van der Waals surface area contributed by atoms with Crippen LogP contribution in [0.25, 0.3) is 0 Å². The van der Waals surface area contributed by atoms with Gasteiger partial charge in [0.05, 0.1) is 11.8 Å². The maximum atomic E-state index is 5.86. The zero-order valence-electron chi connectivity index (χ0n) is 8.44. The number of hydrogen-bond donors (Lipinski definition) is 0. The van der Waals surface area contributed by atoms with Gasteiger partial charge in [-0.15, -0.1) is 0 Å². The van der Waals surface area contributed by atoms with E-state index in [-0.39, 0.29) is 5.60 Å². The van der Waals surface area contributed by atoms with Crippen LogP contribution in [0.15, 0.2) is 24.4 Å². The molecule has 3 atom stereocenters. The van der Waals surface area contributed by atoms with Crippen molar-refractivity contribution in [1.82, 2.24) is 4.98 Å². The predicted octanol–water partition coefficient (Wildman–Crippen LogP) is 2.50. The van der Waals surface area contributed by atoms with E-state index in [0.717, 1.165) is 18.0 Å². The third kappa shape index (κ3) is 1.10. The summed E-state index contributed by atoms with van der Waals surface area (Å²) >= 11 is 0.